The number of carbonyl (C=O) groups excluding carboxylic acids is 1. The molecule has 41 heavy (non-hydrogen) atoms. The average Bonchev–Trinajstić information content (AvgIpc) is 3.32. The van der Waals surface area contributed by atoms with E-state index in [9.17, 15) is 23.5 Å². The molecule has 218 valence electrons. The molecule has 0 radical (unpaired) electrons. The van der Waals surface area contributed by atoms with Crippen molar-refractivity contribution in [2.24, 2.45) is 0 Å². The van der Waals surface area contributed by atoms with Gasteiger partial charge in [0.1, 0.15) is 19.7 Å². The highest BCUT2D eigenvalue weighted by Crippen LogP contribution is 2.45. The number of ether oxygens (including phenoxy) is 1. The lowest BCUT2D eigenvalue weighted by Crippen LogP contribution is -2.70. The number of hydrogen-bond acceptors (Lipinski definition) is 8. The van der Waals surface area contributed by atoms with Gasteiger partial charge in [0.15, 0.2) is 27.7 Å². The SMILES string of the molecule is C=C1C=Cc2nc3c(c([N+]4(NC(CCC)S(=O)O)CCNCC4)c2C1)Cn1c-3cc2c(c1=O)COC(=O)C2(O)CC. The summed E-state index contributed by atoms with van der Waals surface area (Å²) in [6.07, 6.45) is 5.75. The quantitative estimate of drug-likeness (QED) is 0.186. The summed E-state index contributed by atoms with van der Waals surface area (Å²) in [5.74, 6) is -0.760. The zero-order valence-corrected chi connectivity index (χ0v) is 24.2. The Morgan fingerprint density at radius 1 is 1.24 bits per heavy atom. The molecule has 0 saturated carbocycles. The molecule has 12 heteroatoms. The molecule has 3 unspecified atom stereocenters. The van der Waals surface area contributed by atoms with Crippen LogP contribution in [0.4, 0.5) is 5.69 Å². The van der Waals surface area contributed by atoms with Gasteiger partial charge in [-0.05, 0) is 25.0 Å². The van der Waals surface area contributed by atoms with Crippen molar-refractivity contribution in [3.8, 4) is 11.4 Å². The number of quaternary nitrogens is 1. The monoisotopic (exact) mass is 582 g/mol. The van der Waals surface area contributed by atoms with E-state index in [-0.39, 0.29) is 40.9 Å². The Kier molecular flexibility index (Phi) is 7.12. The van der Waals surface area contributed by atoms with E-state index in [0.29, 0.717) is 50.4 Å². The van der Waals surface area contributed by atoms with Crippen LogP contribution >= 0.6 is 0 Å². The number of aromatic nitrogens is 2. The Morgan fingerprint density at radius 2 is 2.00 bits per heavy atom. The highest BCUT2D eigenvalue weighted by atomic mass is 32.2. The topological polar surface area (TPSA) is 143 Å². The van der Waals surface area contributed by atoms with Gasteiger partial charge in [0, 0.05) is 30.6 Å². The van der Waals surface area contributed by atoms with Crippen molar-refractivity contribution in [2.75, 3.05) is 26.2 Å². The maximum Gasteiger partial charge on any atom is 0.343 e. The zero-order valence-electron chi connectivity index (χ0n) is 23.4. The number of fused-ring (bicyclic) bond motifs is 5. The van der Waals surface area contributed by atoms with Gasteiger partial charge in [-0.25, -0.2) is 18.6 Å². The third-order valence-corrected chi connectivity index (χ3v) is 9.66. The number of allylic oxidation sites excluding steroid dienone is 2. The first-order valence-electron chi connectivity index (χ1n) is 14.2. The van der Waals surface area contributed by atoms with E-state index in [1.807, 2.05) is 19.1 Å². The Labute approximate surface area is 240 Å². The predicted molar refractivity (Wildman–Crippen MR) is 156 cm³/mol. The second kappa shape index (κ2) is 10.4. The Balaban J connectivity index is 1.62. The Hall–Kier alpha value is -3.00. The van der Waals surface area contributed by atoms with E-state index in [0.717, 1.165) is 34.5 Å². The first-order valence-corrected chi connectivity index (χ1v) is 15.3. The number of nitrogens with zero attached hydrogens (tertiary/aromatic N) is 3. The largest absolute Gasteiger partial charge is 0.458 e. The van der Waals surface area contributed by atoms with Crippen LogP contribution < -0.4 is 20.9 Å². The summed E-state index contributed by atoms with van der Waals surface area (Å²) < 4.78 is 29.9. The van der Waals surface area contributed by atoms with Crippen LogP contribution in [0.1, 0.15) is 61.1 Å². The van der Waals surface area contributed by atoms with Crippen molar-refractivity contribution in [3.05, 3.63) is 62.6 Å². The van der Waals surface area contributed by atoms with E-state index in [1.165, 1.54) is 0 Å². The Morgan fingerprint density at radius 3 is 2.68 bits per heavy atom. The van der Waals surface area contributed by atoms with E-state index in [1.54, 1.807) is 17.6 Å². The fourth-order valence-corrected chi connectivity index (χ4v) is 7.43. The van der Waals surface area contributed by atoms with E-state index in [4.69, 9.17) is 9.72 Å². The summed E-state index contributed by atoms with van der Waals surface area (Å²) in [6, 6.07) is 1.72. The minimum Gasteiger partial charge on any atom is -0.458 e. The van der Waals surface area contributed by atoms with Crippen LogP contribution in [-0.2, 0) is 45.8 Å². The van der Waals surface area contributed by atoms with Gasteiger partial charge < -0.3 is 24.3 Å². The van der Waals surface area contributed by atoms with Crippen LogP contribution in [0.5, 0.6) is 0 Å². The van der Waals surface area contributed by atoms with Gasteiger partial charge in [-0.3, -0.25) is 4.79 Å². The molecule has 3 atom stereocenters. The third kappa shape index (κ3) is 4.36. The number of rotatable bonds is 7. The van der Waals surface area contributed by atoms with Gasteiger partial charge in [0.2, 0.25) is 0 Å². The van der Waals surface area contributed by atoms with Gasteiger partial charge in [0.25, 0.3) is 5.56 Å². The molecule has 6 rings (SSSR count). The summed E-state index contributed by atoms with van der Waals surface area (Å²) in [7, 11) is 0. The summed E-state index contributed by atoms with van der Waals surface area (Å²) >= 11 is -2.09. The highest BCUT2D eigenvalue weighted by Gasteiger charge is 2.48. The zero-order chi connectivity index (χ0) is 29.1. The average molecular weight is 583 g/mol. The van der Waals surface area contributed by atoms with Crippen molar-refractivity contribution < 1.29 is 23.4 Å². The van der Waals surface area contributed by atoms with Crippen molar-refractivity contribution in [2.45, 2.75) is 63.7 Å². The molecule has 3 aliphatic heterocycles. The molecule has 1 saturated heterocycles. The first kappa shape index (κ1) is 28.1. The van der Waals surface area contributed by atoms with Crippen LogP contribution in [0.3, 0.4) is 0 Å². The maximum atomic E-state index is 13.9. The fraction of sp³-hybridized carbons (Fsp3) is 0.483. The number of esters is 1. The first-order chi connectivity index (χ1) is 19.6. The van der Waals surface area contributed by atoms with Crippen LogP contribution in [0, 0.1) is 0 Å². The molecule has 1 fully saturated rings. The Bertz CT molecular complexity index is 1580. The predicted octanol–water partition coefficient (Wildman–Crippen LogP) is 1.81. The van der Waals surface area contributed by atoms with E-state index < -0.39 is 28.0 Å². The second-order valence-electron chi connectivity index (χ2n) is 11.3. The van der Waals surface area contributed by atoms with Crippen LogP contribution in [0.25, 0.3) is 17.5 Å². The standard InChI is InChI=1S/C29H35N5O6S/c1-4-6-24(41(38)39)32-34(11-9-30-10-12-34)26-18-13-17(3)7-8-22(18)31-25-19(26)15-33-23(25)14-21-20(27(33)35)16-40-28(36)29(21,37)5-2/h7-8,14,24,30,32,37H,3-6,9-13,15-16H2,1-2H3/p+1. The molecule has 2 aromatic heterocycles. The van der Waals surface area contributed by atoms with E-state index in [2.05, 4.69) is 17.3 Å². The molecule has 4 aliphatic rings. The summed E-state index contributed by atoms with van der Waals surface area (Å²) in [6.45, 7) is 10.5. The highest BCUT2D eigenvalue weighted by molar-refractivity contribution is 7.79. The molecule has 1 aliphatic carbocycles. The summed E-state index contributed by atoms with van der Waals surface area (Å²) in [4.78, 5) is 31.5. The van der Waals surface area contributed by atoms with Crippen molar-refractivity contribution in [3.63, 3.8) is 0 Å². The van der Waals surface area contributed by atoms with Crippen molar-refractivity contribution in [1.29, 1.82) is 0 Å². The van der Waals surface area contributed by atoms with Crippen LogP contribution in [-0.4, -0.2) is 60.9 Å². The normalized spacial score (nSPS) is 23.7. The van der Waals surface area contributed by atoms with Crippen molar-refractivity contribution in [1.82, 2.24) is 24.9 Å². The second-order valence-corrected chi connectivity index (χ2v) is 12.4. The molecule has 0 aromatic carbocycles. The number of pyridine rings is 2. The molecule has 0 amide bonds. The summed E-state index contributed by atoms with van der Waals surface area (Å²) in [5, 5.41) is 14.1. The van der Waals surface area contributed by atoms with Gasteiger partial charge in [-0.1, -0.05) is 38.5 Å². The molecule has 0 spiro atoms. The number of nitrogens with one attached hydrogen (secondary N) is 2. The smallest absolute Gasteiger partial charge is 0.343 e. The van der Waals surface area contributed by atoms with Gasteiger partial charge in [0.05, 0.1) is 34.8 Å². The molecular formula is C29H36N5O6S+. The number of aliphatic hydroxyl groups is 1. The fourth-order valence-electron chi connectivity index (χ4n) is 6.70. The minimum absolute atomic E-state index is 0.0658. The van der Waals surface area contributed by atoms with Crippen LogP contribution in [0.15, 0.2) is 29.1 Å². The lowest BCUT2D eigenvalue weighted by atomic mass is 9.86. The van der Waals surface area contributed by atoms with Crippen LogP contribution in [0.2, 0.25) is 0 Å². The minimum atomic E-state index is -2.09. The lowest BCUT2D eigenvalue weighted by molar-refractivity contribution is -0.172. The van der Waals surface area contributed by atoms with Crippen molar-refractivity contribution >= 4 is 28.8 Å². The van der Waals surface area contributed by atoms with Gasteiger partial charge >= 0.3 is 5.97 Å². The molecule has 11 nitrogen and oxygen atoms in total. The van der Waals surface area contributed by atoms with Gasteiger partial charge in [-0.2, -0.15) is 0 Å². The molecule has 2 aromatic rings. The molecule has 5 heterocycles. The molecular weight excluding hydrogens is 546 g/mol. The number of carbonyl (C=O) groups is 1. The molecule has 0 bridgehead atoms. The number of cyclic esters (lactones) is 1. The lowest BCUT2D eigenvalue weighted by Gasteiger charge is -2.44. The number of piperazine rings is 1. The molecule has 4 N–H and O–H groups in total. The van der Waals surface area contributed by atoms with Gasteiger partial charge in [-0.15, -0.1) is 5.43 Å². The summed E-state index contributed by atoms with van der Waals surface area (Å²) in [5.41, 5.74) is 7.51. The third-order valence-electron chi connectivity index (χ3n) is 8.84. The number of hydrogen-bond donors (Lipinski definition) is 4. The van der Waals surface area contributed by atoms with E-state index >= 15 is 0 Å². The maximum absolute atomic E-state index is 13.9.